The number of aliphatic hydroxyl groups excluding tert-OH is 1. The average Bonchev–Trinajstić information content (AvgIpc) is 3.24. The Kier molecular flexibility index (Phi) is 4.65. The second-order valence-corrected chi connectivity index (χ2v) is 7.03. The van der Waals surface area contributed by atoms with Gasteiger partial charge in [0.1, 0.15) is 5.82 Å². The monoisotopic (exact) mass is 355 g/mol. The van der Waals surface area contributed by atoms with Gasteiger partial charge in [0.05, 0.1) is 18.2 Å². The van der Waals surface area contributed by atoms with E-state index in [1.807, 2.05) is 30.5 Å². The number of hydrogen-bond acceptors (Lipinski definition) is 6. The molecule has 138 valence electrons. The molecule has 0 radical (unpaired) electrons. The van der Waals surface area contributed by atoms with E-state index in [1.165, 1.54) is 5.56 Å². The van der Waals surface area contributed by atoms with E-state index in [9.17, 15) is 5.11 Å². The van der Waals surface area contributed by atoms with Gasteiger partial charge >= 0.3 is 0 Å². The lowest BCUT2D eigenvalue weighted by Crippen LogP contribution is -2.53. The van der Waals surface area contributed by atoms with Crippen molar-refractivity contribution >= 4 is 11.5 Å². The minimum Gasteiger partial charge on any atom is -0.472 e. The highest BCUT2D eigenvalue weighted by atomic mass is 16.3. The molecule has 0 spiro atoms. The molecule has 1 atom stereocenters. The molecule has 0 saturated carbocycles. The summed E-state index contributed by atoms with van der Waals surface area (Å²) in [5, 5.41) is 14.2. The van der Waals surface area contributed by atoms with Gasteiger partial charge in [0.2, 0.25) is 0 Å². The Bertz CT molecular complexity index is 874. The number of aryl methyl sites for hydroxylation is 2. The molecule has 4 heterocycles. The molecule has 0 bridgehead atoms. The predicted octanol–water partition coefficient (Wildman–Crippen LogP) is 2.01. The van der Waals surface area contributed by atoms with Crippen LogP contribution in [-0.2, 0) is 6.54 Å². The molecule has 3 aromatic heterocycles. The molecule has 1 saturated heterocycles. The third kappa shape index (κ3) is 3.32. The molecule has 0 aliphatic carbocycles. The fourth-order valence-electron chi connectivity index (χ4n) is 3.77. The van der Waals surface area contributed by atoms with E-state index in [0.29, 0.717) is 0 Å². The Morgan fingerprint density at radius 3 is 2.88 bits per heavy atom. The van der Waals surface area contributed by atoms with Crippen molar-refractivity contribution in [3.63, 3.8) is 0 Å². The van der Waals surface area contributed by atoms with Crippen molar-refractivity contribution in [3.8, 4) is 0 Å². The summed E-state index contributed by atoms with van der Waals surface area (Å²) in [6.45, 7) is 7.75. The molecule has 0 amide bonds. The van der Waals surface area contributed by atoms with Gasteiger partial charge in [-0.1, -0.05) is 0 Å². The molecule has 0 aromatic carbocycles. The van der Waals surface area contributed by atoms with E-state index < -0.39 is 0 Å². The number of fused-ring (bicyclic) bond motifs is 1. The van der Waals surface area contributed by atoms with Gasteiger partial charge in [-0.3, -0.25) is 4.90 Å². The minimum absolute atomic E-state index is 0.187. The first-order valence-corrected chi connectivity index (χ1v) is 9.09. The minimum atomic E-state index is 0.187. The Labute approximate surface area is 152 Å². The summed E-state index contributed by atoms with van der Waals surface area (Å²) in [7, 11) is 0. The van der Waals surface area contributed by atoms with Gasteiger partial charge in [-0.15, -0.1) is 0 Å². The summed E-state index contributed by atoms with van der Waals surface area (Å²) < 4.78 is 7.13. The topological polar surface area (TPSA) is 70.0 Å². The van der Waals surface area contributed by atoms with Crippen LogP contribution in [-0.4, -0.2) is 56.9 Å². The number of rotatable bonds is 5. The van der Waals surface area contributed by atoms with Crippen molar-refractivity contribution in [3.05, 3.63) is 47.7 Å². The van der Waals surface area contributed by atoms with Crippen LogP contribution in [0.4, 0.5) is 5.82 Å². The zero-order chi connectivity index (χ0) is 18.1. The third-order valence-corrected chi connectivity index (χ3v) is 5.02. The number of nitrogens with zero attached hydrogens (tertiary/aromatic N) is 5. The lowest BCUT2D eigenvalue weighted by molar-refractivity contribution is 0.135. The molecule has 4 rings (SSSR count). The maximum Gasteiger partial charge on any atom is 0.157 e. The van der Waals surface area contributed by atoms with Crippen molar-refractivity contribution in [2.24, 2.45) is 0 Å². The van der Waals surface area contributed by atoms with Crippen LogP contribution < -0.4 is 4.90 Å². The standard InChI is InChI=1S/C19H25N5O2/c1-14-10-19(24-18(20-14)9-15(2)21-24)23-6-5-22(17(12-23)3-7-25)11-16-4-8-26-13-16/h4,8-10,13,17,25H,3,5-7,11-12H2,1-2H3. The quantitative estimate of drug-likeness (QED) is 0.755. The van der Waals surface area contributed by atoms with E-state index in [2.05, 4.69) is 25.9 Å². The van der Waals surface area contributed by atoms with Crippen molar-refractivity contribution in [2.75, 3.05) is 31.1 Å². The van der Waals surface area contributed by atoms with Gasteiger partial charge < -0.3 is 14.4 Å². The predicted molar refractivity (Wildman–Crippen MR) is 99.3 cm³/mol. The zero-order valence-corrected chi connectivity index (χ0v) is 15.3. The zero-order valence-electron chi connectivity index (χ0n) is 15.3. The first kappa shape index (κ1) is 17.1. The Balaban J connectivity index is 1.59. The first-order valence-electron chi connectivity index (χ1n) is 9.09. The molecular formula is C19H25N5O2. The Hall–Kier alpha value is -2.38. The molecule has 26 heavy (non-hydrogen) atoms. The van der Waals surface area contributed by atoms with Crippen LogP contribution in [0.5, 0.6) is 0 Å². The molecule has 7 nitrogen and oxygen atoms in total. The summed E-state index contributed by atoms with van der Waals surface area (Å²) in [5.41, 5.74) is 4.02. The van der Waals surface area contributed by atoms with Gasteiger partial charge in [-0.05, 0) is 26.3 Å². The third-order valence-electron chi connectivity index (χ3n) is 5.02. The largest absolute Gasteiger partial charge is 0.472 e. The number of aromatic nitrogens is 3. The average molecular weight is 355 g/mol. The second kappa shape index (κ2) is 7.09. The highest BCUT2D eigenvalue weighted by molar-refractivity contribution is 5.52. The number of anilines is 1. The van der Waals surface area contributed by atoms with E-state index in [0.717, 1.165) is 55.5 Å². The van der Waals surface area contributed by atoms with E-state index in [1.54, 1.807) is 12.5 Å². The number of piperazine rings is 1. The van der Waals surface area contributed by atoms with E-state index in [4.69, 9.17) is 4.42 Å². The van der Waals surface area contributed by atoms with Crippen molar-refractivity contribution in [2.45, 2.75) is 32.9 Å². The van der Waals surface area contributed by atoms with Gasteiger partial charge in [-0.25, -0.2) is 4.98 Å². The van der Waals surface area contributed by atoms with Crippen LogP contribution in [0.15, 0.2) is 35.1 Å². The number of hydrogen-bond donors (Lipinski definition) is 1. The molecule has 1 aliphatic heterocycles. The molecule has 1 unspecified atom stereocenters. The summed E-state index contributed by atoms with van der Waals surface area (Å²) >= 11 is 0. The summed E-state index contributed by atoms with van der Waals surface area (Å²) in [6.07, 6.45) is 4.26. The summed E-state index contributed by atoms with van der Waals surface area (Å²) in [5.74, 6) is 1.08. The maximum atomic E-state index is 9.55. The van der Waals surface area contributed by atoms with E-state index >= 15 is 0 Å². The van der Waals surface area contributed by atoms with Crippen molar-refractivity contribution in [1.29, 1.82) is 0 Å². The second-order valence-electron chi connectivity index (χ2n) is 7.03. The van der Waals surface area contributed by atoms with Crippen LogP contribution in [0, 0.1) is 13.8 Å². The SMILES string of the molecule is Cc1cc(N2CCN(Cc3ccoc3)C(CCO)C2)n2nc(C)cc2n1. The van der Waals surface area contributed by atoms with Gasteiger partial charge in [0.25, 0.3) is 0 Å². The van der Waals surface area contributed by atoms with Crippen molar-refractivity contribution < 1.29 is 9.52 Å². The normalized spacial score (nSPS) is 18.7. The molecule has 1 fully saturated rings. The summed E-state index contributed by atoms with van der Waals surface area (Å²) in [6, 6.07) is 6.40. The van der Waals surface area contributed by atoms with Crippen molar-refractivity contribution in [1.82, 2.24) is 19.5 Å². The smallest absolute Gasteiger partial charge is 0.157 e. The number of furan rings is 1. The first-order chi connectivity index (χ1) is 12.6. The highest BCUT2D eigenvalue weighted by Crippen LogP contribution is 2.24. The van der Waals surface area contributed by atoms with Crippen LogP contribution in [0.3, 0.4) is 0 Å². The molecule has 7 heteroatoms. The lowest BCUT2D eigenvalue weighted by atomic mass is 10.1. The molecular weight excluding hydrogens is 330 g/mol. The highest BCUT2D eigenvalue weighted by Gasteiger charge is 2.28. The lowest BCUT2D eigenvalue weighted by Gasteiger charge is -2.42. The van der Waals surface area contributed by atoms with Crippen LogP contribution in [0.1, 0.15) is 23.4 Å². The van der Waals surface area contributed by atoms with Crippen LogP contribution in [0.2, 0.25) is 0 Å². The van der Waals surface area contributed by atoms with Gasteiger partial charge in [-0.2, -0.15) is 9.61 Å². The van der Waals surface area contributed by atoms with Gasteiger partial charge in [0.15, 0.2) is 5.65 Å². The summed E-state index contributed by atoms with van der Waals surface area (Å²) in [4.78, 5) is 9.37. The Morgan fingerprint density at radius 1 is 1.23 bits per heavy atom. The maximum absolute atomic E-state index is 9.55. The molecule has 1 N–H and O–H groups in total. The van der Waals surface area contributed by atoms with Gasteiger partial charge in [0, 0.05) is 62.2 Å². The fraction of sp³-hybridized carbons (Fsp3) is 0.474. The molecule has 1 aliphatic rings. The fourth-order valence-corrected chi connectivity index (χ4v) is 3.77. The Morgan fingerprint density at radius 2 is 2.12 bits per heavy atom. The van der Waals surface area contributed by atoms with Crippen LogP contribution >= 0.6 is 0 Å². The molecule has 3 aromatic rings. The van der Waals surface area contributed by atoms with Crippen LogP contribution in [0.25, 0.3) is 5.65 Å². The number of aliphatic hydroxyl groups is 1. The van der Waals surface area contributed by atoms with E-state index in [-0.39, 0.29) is 12.6 Å².